The Hall–Kier alpha value is -3.47. The quantitative estimate of drug-likeness (QED) is 0.258. The molecule has 0 bridgehead atoms. The molecule has 38 heavy (non-hydrogen) atoms. The Morgan fingerprint density at radius 1 is 1.21 bits per heavy atom. The minimum atomic E-state index is -0.805. The first-order valence-electron chi connectivity index (χ1n) is 12.7. The van der Waals surface area contributed by atoms with E-state index in [1.54, 1.807) is 41.5 Å². The van der Waals surface area contributed by atoms with Gasteiger partial charge in [0.2, 0.25) is 5.91 Å². The van der Waals surface area contributed by atoms with Gasteiger partial charge in [-0.3, -0.25) is 24.8 Å². The van der Waals surface area contributed by atoms with Gasteiger partial charge < -0.3 is 15.4 Å². The lowest BCUT2D eigenvalue weighted by Crippen LogP contribution is -2.60. The van der Waals surface area contributed by atoms with Crippen molar-refractivity contribution in [3.63, 3.8) is 0 Å². The molecule has 2 aliphatic rings. The molecule has 1 fully saturated rings. The Morgan fingerprint density at radius 2 is 2.03 bits per heavy atom. The first-order chi connectivity index (χ1) is 18.4. The summed E-state index contributed by atoms with van der Waals surface area (Å²) in [6.45, 7) is 3.75. The van der Waals surface area contributed by atoms with Crippen LogP contribution in [0.2, 0.25) is 0 Å². The van der Waals surface area contributed by atoms with E-state index in [0.29, 0.717) is 37.3 Å². The highest BCUT2D eigenvalue weighted by atomic mass is 32.2. The third-order valence-corrected chi connectivity index (χ3v) is 8.04. The van der Waals surface area contributed by atoms with Crippen LogP contribution in [0, 0.1) is 6.92 Å². The fraction of sp³-hybridized carbons (Fsp3) is 0.357. The molecule has 0 radical (unpaired) electrons. The number of aryl methyl sites for hydroxylation is 1. The molecule has 9 nitrogen and oxygen atoms in total. The van der Waals surface area contributed by atoms with Crippen LogP contribution in [0.1, 0.15) is 40.9 Å². The van der Waals surface area contributed by atoms with Gasteiger partial charge in [0.25, 0.3) is 5.91 Å². The number of nitrogens with one attached hydrogen (secondary N) is 3. The van der Waals surface area contributed by atoms with Crippen molar-refractivity contribution in [1.29, 1.82) is 0 Å². The average molecular weight is 534 g/mol. The SMILES string of the molecule is Cc1cc(COc2ccc(C(=O)NC3(CC(=O)NO)CCNC(C4=NCCS4)C3)cc2)c2ccccc2n1. The molecular weight excluding hydrogens is 502 g/mol. The van der Waals surface area contributed by atoms with Crippen LogP contribution in [0.15, 0.2) is 59.6 Å². The first kappa shape index (κ1) is 26.1. The number of carbonyl (C=O) groups excluding carboxylic acids is 2. The topological polar surface area (TPSA) is 125 Å². The molecular formula is C28H31N5O4S. The molecule has 5 rings (SSSR count). The number of benzene rings is 2. The number of aromatic nitrogens is 1. The summed E-state index contributed by atoms with van der Waals surface area (Å²) in [5.74, 6) is 0.775. The zero-order valence-corrected chi connectivity index (χ0v) is 22.0. The normalized spacial score (nSPS) is 21.1. The van der Waals surface area contributed by atoms with E-state index >= 15 is 0 Å². The average Bonchev–Trinajstić information content (AvgIpc) is 3.47. The highest BCUT2D eigenvalue weighted by Crippen LogP contribution is 2.30. The number of nitrogens with zero attached hydrogens (tertiary/aromatic N) is 2. The number of pyridine rings is 1. The highest BCUT2D eigenvalue weighted by molar-refractivity contribution is 8.14. The number of thioether (sulfide) groups is 1. The number of piperidine rings is 1. The number of hydrogen-bond donors (Lipinski definition) is 4. The predicted octanol–water partition coefficient (Wildman–Crippen LogP) is 3.38. The summed E-state index contributed by atoms with van der Waals surface area (Å²) in [6, 6.07) is 16.9. The molecule has 0 spiro atoms. The number of hydroxylamine groups is 1. The van der Waals surface area contributed by atoms with E-state index in [9.17, 15) is 14.8 Å². The molecule has 2 aromatic carbocycles. The maximum Gasteiger partial charge on any atom is 0.251 e. The van der Waals surface area contributed by atoms with Crippen molar-refractivity contribution >= 4 is 39.5 Å². The Bertz CT molecular complexity index is 1360. The van der Waals surface area contributed by atoms with E-state index in [2.05, 4.69) is 20.6 Å². The third kappa shape index (κ3) is 5.98. The van der Waals surface area contributed by atoms with Gasteiger partial charge in [-0.05, 0) is 62.7 Å². The minimum Gasteiger partial charge on any atom is -0.489 e. The number of rotatable bonds is 8. The highest BCUT2D eigenvalue weighted by Gasteiger charge is 2.41. The van der Waals surface area contributed by atoms with E-state index in [0.717, 1.165) is 39.5 Å². The van der Waals surface area contributed by atoms with Crippen LogP contribution in [0.4, 0.5) is 0 Å². The molecule has 2 amide bonds. The maximum absolute atomic E-state index is 13.3. The van der Waals surface area contributed by atoms with E-state index in [1.165, 1.54) is 0 Å². The Kier molecular flexibility index (Phi) is 7.92. The largest absolute Gasteiger partial charge is 0.489 e. The Morgan fingerprint density at radius 3 is 2.79 bits per heavy atom. The molecule has 10 heteroatoms. The van der Waals surface area contributed by atoms with Gasteiger partial charge in [0.1, 0.15) is 12.4 Å². The third-order valence-electron chi connectivity index (χ3n) is 6.94. The van der Waals surface area contributed by atoms with Crippen LogP contribution in [0.3, 0.4) is 0 Å². The van der Waals surface area contributed by atoms with Gasteiger partial charge >= 0.3 is 0 Å². The molecule has 1 aromatic heterocycles. The number of amides is 2. The van der Waals surface area contributed by atoms with Crippen LogP contribution in [-0.2, 0) is 11.4 Å². The second-order valence-electron chi connectivity index (χ2n) is 9.73. The van der Waals surface area contributed by atoms with E-state index < -0.39 is 11.4 Å². The van der Waals surface area contributed by atoms with Crippen LogP contribution < -0.4 is 20.9 Å². The fourth-order valence-electron chi connectivity index (χ4n) is 5.14. The Labute approximate surface area is 225 Å². The number of fused-ring (bicyclic) bond motifs is 1. The predicted molar refractivity (Wildman–Crippen MR) is 148 cm³/mol. The summed E-state index contributed by atoms with van der Waals surface area (Å²) in [7, 11) is 0. The number of para-hydroxylation sites is 1. The smallest absolute Gasteiger partial charge is 0.251 e. The molecule has 3 aromatic rings. The molecule has 1 saturated heterocycles. The fourth-order valence-corrected chi connectivity index (χ4v) is 6.09. The number of ether oxygens (including phenoxy) is 1. The van der Waals surface area contributed by atoms with Gasteiger partial charge in [0.05, 0.1) is 28.6 Å². The second kappa shape index (κ2) is 11.5. The second-order valence-corrected chi connectivity index (χ2v) is 10.8. The summed E-state index contributed by atoms with van der Waals surface area (Å²) in [5, 5.41) is 17.8. The van der Waals surface area contributed by atoms with Crippen molar-refractivity contribution in [3.05, 3.63) is 71.4 Å². The first-order valence-corrected chi connectivity index (χ1v) is 13.7. The van der Waals surface area contributed by atoms with E-state index in [4.69, 9.17) is 4.74 Å². The molecule has 3 heterocycles. The Balaban J connectivity index is 1.27. The summed E-state index contributed by atoms with van der Waals surface area (Å²) < 4.78 is 6.03. The van der Waals surface area contributed by atoms with Crippen molar-refractivity contribution in [3.8, 4) is 5.75 Å². The lowest BCUT2D eigenvalue weighted by molar-refractivity contribution is -0.131. The van der Waals surface area contributed by atoms with E-state index in [-0.39, 0.29) is 18.4 Å². The summed E-state index contributed by atoms with van der Waals surface area (Å²) >= 11 is 1.70. The lowest BCUT2D eigenvalue weighted by Gasteiger charge is -2.41. The lowest BCUT2D eigenvalue weighted by atomic mass is 9.81. The maximum atomic E-state index is 13.3. The molecule has 0 saturated carbocycles. The van der Waals surface area contributed by atoms with Crippen LogP contribution in [-0.4, -0.2) is 57.5 Å². The standard InChI is InChI=1S/C28H31N5O4S/c1-18-14-20(22-4-2-3-5-23(22)31-18)17-37-21-8-6-19(7-9-21)26(35)32-28(16-25(34)33-36)10-11-29-24(15-28)27-30-12-13-38-27/h2-9,14,24,29,36H,10-13,15-17H2,1H3,(H,32,35)(H,33,34). The summed E-state index contributed by atoms with van der Waals surface area (Å²) in [4.78, 5) is 34.6. The zero-order valence-electron chi connectivity index (χ0n) is 21.2. The van der Waals surface area contributed by atoms with Gasteiger partial charge in [-0.15, -0.1) is 11.8 Å². The van der Waals surface area contributed by atoms with Crippen LogP contribution in [0.5, 0.6) is 5.75 Å². The minimum absolute atomic E-state index is 0.0220. The molecule has 4 N–H and O–H groups in total. The van der Waals surface area contributed by atoms with Gasteiger partial charge in [0, 0.05) is 34.5 Å². The van der Waals surface area contributed by atoms with Crippen LogP contribution >= 0.6 is 11.8 Å². The van der Waals surface area contributed by atoms with Gasteiger partial charge in [0.15, 0.2) is 0 Å². The van der Waals surface area contributed by atoms with Crippen molar-refractivity contribution < 1.29 is 19.5 Å². The number of hydrogen-bond acceptors (Lipinski definition) is 8. The zero-order chi connectivity index (χ0) is 26.5. The van der Waals surface area contributed by atoms with Crippen molar-refractivity contribution in [2.75, 3.05) is 18.8 Å². The van der Waals surface area contributed by atoms with E-state index in [1.807, 2.05) is 37.3 Å². The van der Waals surface area contributed by atoms with Crippen LogP contribution in [0.25, 0.3) is 10.9 Å². The van der Waals surface area contributed by atoms with Gasteiger partial charge in [-0.25, -0.2) is 5.48 Å². The van der Waals surface area contributed by atoms with Crippen molar-refractivity contribution in [2.24, 2.45) is 4.99 Å². The van der Waals surface area contributed by atoms with Crippen molar-refractivity contribution in [2.45, 2.75) is 44.4 Å². The number of carbonyl (C=O) groups is 2. The van der Waals surface area contributed by atoms with Gasteiger partial charge in [-0.1, -0.05) is 18.2 Å². The monoisotopic (exact) mass is 533 g/mol. The summed E-state index contributed by atoms with van der Waals surface area (Å²) in [5.41, 5.74) is 4.28. The molecule has 198 valence electrons. The number of aliphatic imine (C=N–C) groups is 1. The summed E-state index contributed by atoms with van der Waals surface area (Å²) in [6.07, 6.45) is 1.05. The molecule has 0 aliphatic carbocycles. The molecule has 2 unspecified atom stereocenters. The molecule has 2 aliphatic heterocycles. The van der Waals surface area contributed by atoms with Gasteiger partial charge in [-0.2, -0.15) is 0 Å². The molecule has 2 atom stereocenters. The van der Waals surface area contributed by atoms with Crippen molar-refractivity contribution in [1.82, 2.24) is 21.1 Å².